The first-order chi connectivity index (χ1) is 30.5. The Morgan fingerprint density at radius 1 is 0.922 bits per heavy atom. The molecule has 4 aromatic heterocycles. The van der Waals surface area contributed by atoms with Crippen LogP contribution in [0.3, 0.4) is 0 Å². The molecule has 1 fully saturated rings. The quantitative estimate of drug-likeness (QED) is 0.109. The number of aromatic nitrogens is 6. The Bertz CT molecular complexity index is 2950. The van der Waals surface area contributed by atoms with Gasteiger partial charge in [-0.25, -0.2) is 9.78 Å². The topological polar surface area (TPSA) is 210 Å². The molecule has 3 aliphatic heterocycles. The number of hydrogen-bond acceptors (Lipinski definition) is 12. The second kappa shape index (κ2) is 17.3. The number of esters is 3. The van der Waals surface area contributed by atoms with Crippen LogP contribution in [0, 0.1) is 13.8 Å². The summed E-state index contributed by atoms with van der Waals surface area (Å²) in [7, 11) is 2.78. The minimum Gasteiger partial charge on any atom is -0.469 e. The Hall–Kier alpha value is -6.39. The van der Waals surface area contributed by atoms with E-state index in [9.17, 15) is 24.0 Å². The number of carbonyl (C=O) groups excluding carboxylic acids is 3. The van der Waals surface area contributed by atoms with Crippen LogP contribution in [0.25, 0.3) is 38.8 Å². The number of rotatable bonds is 11. The summed E-state index contributed by atoms with van der Waals surface area (Å²) in [5, 5.41) is 0. The molecule has 3 N–H and O–H groups in total. The number of fused-ring (bicyclic) bond motifs is 8. The lowest BCUT2D eigenvalue weighted by Gasteiger charge is -2.23. The molecule has 0 radical (unpaired) electrons. The van der Waals surface area contributed by atoms with Gasteiger partial charge < -0.3 is 33.7 Å². The number of H-pyrrole nitrogens is 3. The van der Waals surface area contributed by atoms with E-state index in [4.69, 9.17) is 33.7 Å². The Balaban J connectivity index is 1.34. The lowest BCUT2D eigenvalue weighted by molar-refractivity contribution is -0.158. The van der Waals surface area contributed by atoms with Gasteiger partial charge in [-0.1, -0.05) is 20.4 Å². The molecule has 16 heteroatoms. The lowest BCUT2D eigenvalue weighted by atomic mass is 9.85. The molecule has 64 heavy (non-hydrogen) atoms. The number of nitrogens with zero attached hydrogens (tertiary/aromatic N) is 3. The number of allylic oxidation sites excluding steroid dienone is 2. The second-order valence-corrected chi connectivity index (χ2v) is 17.0. The number of aromatic amines is 3. The highest BCUT2D eigenvalue weighted by atomic mass is 16.6. The number of carbonyl (C=O) groups is 3. The van der Waals surface area contributed by atoms with Crippen LogP contribution < -0.4 is 11.2 Å². The van der Waals surface area contributed by atoms with Crippen LogP contribution in [0.5, 0.6) is 0 Å². The van der Waals surface area contributed by atoms with Gasteiger partial charge >= 0.3 is 23.6 Å². The fourth-order valence-electron chi connectivity index (χ4n) is 9.89. The molecule has 6 atom stereocenters. The van der Waals surface area contributed by atoms with E-state index >= 15 is 0 Å². The van der Waals surface area contributed by atoms with Crippen LogP contribution >= 0.6 is 0 Å². The van der Waals surface area contributed by atoms with E-state index in [1.54, 1.807) is 0 Å². The molecule has 16 nitrogen and oxygen atoms in total. The maximum Gasteiger partial charge on any atom is 0.330 e. The van der Waals surface area contributed by atoms with Gasteiger partial charge in [0, 0.05) is 90.0 Å². The Morgan fingerprint density at radius 3 is 2.34 bits per heavy atom. The fourth-order valence-corrected chi connectivity index (χ4v) is 9.89. The molecule has 0 spiro atoms. The van der Waals surface area contributed by atoms with Crippen molar-refractivity contribution in [2.24, 2.45) is 0 Å². The van der Waals surface area contributed by atoms with Crippen LogP contribution in [0.15, 0.2) is 40.6 Å². The Morgan fingerprint density at radius 2 is 1.66 bits per heavy atom. The van der Waals surface area contributed by atoms with Gasteiger partial charge in [0.15, 0.2) is 12.3 Å². The molecule has 8 rings (SSSR count). The first-order valence-corrected chi connectivity index (χ1v) is 21.6. The summed E-state index contributed by atoms with van der Waals surface area (Å²) >= 11 is 0. The largest absolute Gasteiger partial charge is 0.469 e. The Labute approximate surface area is 369 Å². The van der Waals surface area contributed by atoms with Crippen molar-refractivity contribution >= 4 is 56.7 Å². The zero-order chi connectivity index (χ0) is 45.9. The highest BCUT2D eigenvalue weighted by Gasteiger charge is 2.49. The molecule has 0 amide bonds. The van der Waals surface area contributed by atoms with Crippen molar-refractivity contribution in [3.63, 3.8) is 0 Å². The van der Waals surface area contributed by atoms with Gasteiger partial charge in [-0.3, -0.25) is 33.7 Å². The maximum atomic E-state index is 13.9. The van der Waals surface area contributed by atoms with Crippen LogP contribution in [-0.4, -0.2) is 86.5 Å². The highest BCUT2D eigenvalue weighted by molar-refractivity contribution is 5.96. The predicted molar refractivity (Wildman–Crippen MR) is 239 cm³/mol. The molecule has 1 unspecified atom stereocenters. The summed E-state index contributed by atoms with van der Waals surface area (Å²) in [6.45, 7) is 17.0. The van der Waals surface area contributed by atoms with E-state index in [1.165, 1.54) is 44.4 Å². The summed E-state index contributed by atoms with van der Waals surface area (Å²) in [4.78, 5) is 84.3. The minimum atomic E-state index is -1.20. The second-order valence-electron chi connectivity index (χ2n) is 17.0. The summed E-state index contributed by atoms with van der Waals surface area (Å²) in [6, 6.07) is 6.15. The van der Waals surface area contributed by atoms with Crippen molar-refractivity contribution in [1.29, 1.82) is 0 Å². The van der Waals surface area contributed by atoms with Crippen molar-refractivity contribution in [3.8, 4) is 0 Å². The monoisotopic (exact) mass is 874 g/mol. The van der Waals surface area contributed by atoms with Gasteiger partial charge in [0.05, 0.1) is 24.1 Å². The zero-order valence-electron chi connectivity index (χ0n) is 37.6. The number of ether oxygens (including phenoxy) is 5. The molecular formula is C48H54N6O10. The number of hydrogen-bond donors (Lipinski definition) is 3. The summed E-state index contributed by atoms with van der Waals surface area (Å²) in [5.41, 5.74) is 12.8. The van der Waals surface area contributed by atoms with E-state index in [0.717, 1.165) is 86.4 Å². The van der Waals surface area contributed by atoms with Crippen LogP contribution in [0.1, 0.15) is 128 Å². The van der Waals surface area contributed by atoms with Crippen molar-refractivity contribution in [3.05, 3.63) is 108 Å². The predicted octanol–water partition coefficient (Wildman–Crippen LogP) is 6.53. The summed E-state index contributed by atoms with van der Waals surface area (Å²) in [6.07, 6.45) is 0.301. The molecule has 4 aromatic rings. The average molecular weight is 875 g/mol. The molecule has 0 saturated carbocycles. The molecule has 1 saturated heterocycles. The number of methoxy groups -OCH3 is 2. The van der Waals surface area contributed by atoms with Crippen molar-refractivity contribution in [1.82, 2.24) is 29.5 Å². The summed E-state index contributed by atoms with van der Waals surface area (Å²) < 4.78 is 28.9. The molecule has 0 aromatic carbocycles. The smallest absolute Gasteiger partial charge is 0.330 e. The molecule has 7 heterocycles. The van der Waals surface area contributed by atoms with E-state index in [0.29, 0.717) is 23.1 Å². The van der Waals surface area contributed by atoms with Gasteiger partial charge in [0.1, 0.15) is 18.8 Å². The van der Waals surface area contributed by atoms with Gasteiger partial charge in [-0.15, -0.1) is 0 Å². The number of nitrogens with one attached hydrogen (secondary N) is 3. The van der Waals surface area contributed by atoms with Gasteiger partial charge in [0.2, 0.25) is 0 Å². The van der Waals surface area contributed by atoms with E-state index in [1.807, 2.05) is 19.1 Å². The molecule has 1 aliphatic carbocycles. The highest BCUT2D eigenvalue weighted by Crippen LogP contribution is 2.47. The van der Waals surface area contributed by atoms with Crippen molar-refractivity contribution in [2.45, 2.75) is 117 Å². The van der Waals surface area contributed by atoms with Crippen LogP contribution in [-0.2, 0) is 50.9 Å². The zero-order valence-corrected chi connectivity index (χ0v) is 37.6. The fraction of sp³-hybridized carbons (Fsp3) is 0.438. The van der Waals surface area contributed by atoms with Gasteiger partial charge in [0.25, 0.3) is 5.56 Å². The van der Waals surface area contributed by atoms with E-state index in [-0.39, 0.29) is 36.4 Å². The van der Waals surface area contributed by atoms with Crippen molar-refractivity contribution < 1.29 is 38.1 Å². The molecule has 8 bridgehead atoms. The first kappa shape index (κ1) is 44.2. The van der Waals surface area contributed by atoms with Crippen molar-refractivity contribution in [2.75, 3.05) is 20.8 Å². The standard InChI is InChI=1S/C48H54N6O10/c1-11-28-21(2)33-18-38-41(24(5)32-19-54(48(59)53-46(32)58)47-45(61-10)44(63-27(8)56)39(64-47)20-62-26(7)55)25(6)36(50-38)16-34-23(4)30(14-15-40(57)60-9)43(51-34)31-13-12-29-22(3)35(52-42(29)31)17-37(28)49-33/h16-19,23,30,39,44-45,47,49-50H,5,11-15,20H2,1-4,6-10H3,(H,53,58,59)/t23-,30-,39+,44?,45-,47+/m0/s1. The third-order valence-corrected chi connectivity index (χ3v) is 13.3. The van der Waals surface area contributed by atoms with Gasteiger partial charge in [-0.2, -0.15) is 0 Å². The lowest BCUT2D eigenvalue weighted by Crippen LogP contribution is -2.41. The molecule has 336 valence electrons. The maximum absolute atomic E-state index is 13.9. The molecule has 4 aliphatic rings. The Kier molecular flexibility index (Phi) is 12.0. The number of aryl methyl sites for hydroxylation is 3. The average Bonchev–Trinajstić information content (AvgIpc) is 4.08. The SMILES string of the molecule is C=C(c1cn([C@@H]2O[C@H](COC(C)=O)C(OC(C)=O)[C@@H]2OC)c(=O)[nH]c1=O)c1c(C)c2cc3nc(c4c5nc(cc6[nH]c(cc1[nH]2)c(C)c6CC)C(C)=C5CC4)[C@@H](CCC(=O)OC)[C@@H]3C. The van der Waals surface area contributed by atoms with E-state index in [2.05, 4.69) is 55.3 Å². The first-order valence-electron chi connectivity index (χ1n) is 21.6. The minimum absolute atomic E-state index is 0.0653. The third-order valence-electron chi connectivity index (χ3n) is 13.3. The van der Waals surface area contributed by atoms with Crippen LogP contribution in [0.2, 0.25) is 0 Å². The summed E-state index contributed by atoms with van der Waals surface area (Å²) in [5.74, 6) is -1.62. The van der Waals surface area contributed by atoms with Gasteiger partial charge in [-0.05, 0) is 98.1 Å². The normalized spacial score (nSPS) is 21.3. The van der Waals surface area contributed by atoms with E-state index < -0.39 is 47.7 Å². The van der Waals surface area contributed by atoms with Crippen LogP contribution in [0.4, 0.5) is 0 Å². The third kappa shape index (κ3) is 7.72. The molecular weight excluding hydrogens is 821 g/mol.